The molecule has 0 spiro atoms. The van der Waals surface area contributed by atoms with Crippen LogP contribution in [0.2, 0.25) is 0 Å². The van der Waals surface area contributed by atoms with Gasteiger partial charge in [0.2, 0.25) is 0 Å². The lowest BCUT2D eigenvalue weighted by Crippen LogP contribution is -2.45. The lowest BCUT2D eigenvalue weighted by Gasteiger charge is -2.43. The fourth-order valence-electron chi connectivity index (χ4n) is 11.0. The van der Waals surface area contributed by atoms with E-state index in [0.717, 1.165) is 73.2 Å². The van der Waals surface area contributed by atoms with Gasteiger partial charge in [0.1, 0.15) is 0 Å². The summed E-state index contributed by atoms with van der Waals surface area (Å²) in [5, 5.41) is 3.91. The molecule has 1 aliphatic heterocycles. The number of rotatable bonds is 13. The molecule has 1 heterocycles. The molecular weight excluding hydrogens is 605 g/mol. The minimum Gasteiger partial charge on any atom is -0.383 e. The van der Waals surface area contributed by atoms with Gasteiger partial charge in [0, 0.05) is 28.8 Å². The van der Waals surface area contributed by atoms with Crippen LogP contribution >= 0.6 is 0 Å². The molecule has 2 aromatic carbocycles. The molecule has 0 aromatic heterocycles. The Balaban J connectivity index is 1.12. The SMILES string of the molecule is C=C(CC1=C(c2ccc(CC)cc2)C(c2ccc(CC)cc2)=NC1)NC(C)(C)C(C)C(=C)CCC1CC2CC(C)(C)CC2C2CC(C)(C)CC12. The van der Waals surface area contributed by atoms with Gasteiger partial charge in [0.15, 0.2) is 0 Å². The molecule has 0 radical (unpaired) electrons. The second-order valence-corrected chi connectivity index (χ2v) is 19.2. The van der Waals surface area contributed by atoms with Gasteiger partial charge in [-0.25, -0.2) is 0 Å². The van der Waals surface area contributed by atoms with E-state index in [9.17, 15) is 0 Å². The average Bonchev–Trinajstić information content (AvgIpc) is 3.73. The Hall–Kier alpha value is -2.87. The summed E-state index contributed by atoms with van der Waals surface area (Å²) in [5.74, 6) is 4.98. The van der Waals surface area contributed by atoms with E-state index in [4.69, 9.17) is 11.6 Å². The molecule has 6 unspecified atom stereocenters. The molecule has 3 fully saturated rings. The molecule has 0 bridgehead atoms. The lowest BCUT2D eigenvalue weighted by atomic mass is 9.63. The summed E-state index contributed by atoms with van der Waals surface area (Å²) in [5.41, 5.74) is 12.3. The fraction of sp³-hybridized carbons (Fsp3) is 0.604. The molecule has 6 atom stereocenters. The van der Waals surface area contributed by atoms with Crippen LogP contribution in [-0.4, -0.2) is 17.8 Å². The molecule has 0 amide bonds. The minimum absolute atomic E-state index is 0.138. The Morgan fingerprint density at radius 3 is 2.00 bits per heavy atom. The normalized spacial score (nSPS) is 27.5. The molecule has 6 rings (SSSR count). The zero-order chi connectivity index (χ0) is 36.0. The van der Waals surface area contributed by atoms with Crippen molar-refractivity contribution in [2.75, 3.05) is 6.54 Å². The van der Waals surface area contributed by atoms with E-state index in [1.54, 1.807) is 0 Å². The molecule has 3 saturated carbocycles. The molecule has 1 N–H and O–H groups in total. The minimum atomic E-state index is -0.138. The average molecular weight is 673 g/mol. The smallest absolute Gasteiger partial charge is 0.0729 e. The van der Waals surface area contributed by atoms with Crippen molar-refractivity contribution in [1.29, 1.82) is 0 Å². The number of aryl methyl sites for hydroxylation is 2. The summed E-state index contributed by atoms with van der Waals surface area (Å²) in [7, 11) is 0. The van der Waals surface area contributed by atoms with Gasteiger partial charge in [0.05, 0.1) is 12.3 Å². The Kier molecular flexibility index (Phi) is 10.5. The number of allylic oxidation sites excluding steroid dienone is 2. The van der Waals surface area contributed by atoms with Crippen molar-refractivity contribution < 1.29 is 0 Å². The fourth-order valence-corrected chi connectivity index (χ4v) is 11.0. The Labute approximate surface area is 306 Å². The largest absolute Gasteiger partial charge is 0.383 e. The molecule has 2 nitrogen and oxygen atoms in total. The predicted octanol–water partition coefficient (Wildman–Crippen LogP) is 12.4. The summed E-state index contributed by atoms with van der Waals surface area (Å²) < 4.78 is 0. The standard InChI is InChI=1S/C48H68N2/c1-12-34-15-20-36(21-16-34)44-40(30-49-45(44)37-22-17-35(13-2)18-23-37)24-32(4)50-48(10,11)33(5)31(3)14-19-38-25-39-26-46(6,7)28-42(39)43-29-47(8,9)27-41(38)43/h15-18,20-23,33,38-39,41-43,50H,3-4,12-14,19,24-30H2,1-2,5-11H3. The highest BCUT2D eigenvalue weighted by molar-refractivity contribution is 6.34. The van der Waals surface area contributed by atoms with Crippen LogP contribution in [0.3, 0.4) is 0 Å². The maximum atomic E-state index is 5.14. The van der Waals surface area contributed by atoms with Crippen molar-refractivity contribution >= 4 is 11.3 Å². The first-order valence-electron chi connectivity index (χ1n) is 20.2. The highest BCUT2D eigenvalue weighted by Gasteiger charge is 2.55. The van der Waals surface area contributed by atoms with Gasteiger partial charge in [-0.15, -0.1) is 0 Å². The predicted molar refractivity (Wildman–Crippen MR) is 217 cm³/mol. The van der Waals surface area contributed by atoms with E-state index >= 15 is 0 Å². The van der Waals surface area contributed by atoms with Crippen LogP contribution in [0.1, 0.15) is 136 Å². The third-order valence-corrected chi connectivity index (χ3v) is 13.9. The highest BCUT2D eigenvalue weighted by Crippen LogP contribution is 2.64. The van der Waals surface area contributed by atoms with Gasteiger partial charge in [-0.2, -0.15) is 0 Å². The number of hydrogen-bond acceptors (Lipinski definition) is 2. The van der Waals surface area contributed by atoms with Gasteiger partial charge >= 0.3 is 0 Å². The molecule has 2 aromatic rings. The topological polar surface area (TPSA) is 24.4 Å². The first kappa shape index (κ1) is 36.9. The van der Waals surface area contributed by atoms with E-state index in [2.05, 4.69) is 123 Å². The van der Waals surface area contributed by atoms with Crippen LogP contribution in [0.25, 0.3) is 5.57 Å². The van der Waals surface area contributed by atoms with Crippen molar-refractivity contribution in [3.63, 3.8) is 0 Å². The van der Waals surface area contributed by atoms with E-state index in [-0.39, 0.29) is 5.54 Å². The van der Waals surface area contributed by atoms with Crippen LogP contribution in [0.5, 0.6) is 0 Å². The van der Waals surface area contributed by atoms with E-state index in [1.807, 2.05) is 0 Å². The molecular formula is C48H68N2. The Morgan fingerprint density at radius 2 is 1.38 bits per heavy atom. The van der Waals surface area contributed by atoms with Gasteiger partial charge in [-0.3, -0.25) is 4.99 Å². The van der Waals surface area contributed by atoms with E-state index in [0.29, 0.717) is 16.7 Å². The van der Waals surface area contributed by atoms with Crippen LogP contribution < -0.4 is 5.32 Å². The van der Waals surface area contributed by atoms with Gasteiger partial charge < -0.3 is 5.32 Å². The van der Waals surface area contributed by atoms with Crippen LogP contribution in [0.15, 0.2) is 83.5 Å². The number of fused-ring (bicyclic) bond motifs is 3. The Bertz CT molecular complexity index is 1610. The highest BCUT2D eigenvalue weighted by atomic mass is 15.0. The molecule has 0 saturated heterocycles. The number of aliphatic imine (C=N–C) groups is 1. The van der Waals surface area contributed by atoms with Crippen molar-refractivity contribution in [3.8, 4) is 0 Å². The Morgan fingerprint density at radius 1 is 0.820 bits per heavy atom. The second-order valence-electron chi connectivity index (χ2n) is 19.2. The van der Waals surface area contributed by atoms with Crippen molar-refractivity contribution in [1.82, 2.24) is 5.32 Å². The first-order valence-corrected chi connectivity index (χ1v) is 20.2. The second kappa shape index (κ2) is 14.3. The summed E-state index contributed by atoms with van der Waals surface area (Å²) >= 11 is 0. The van der Waals surface area contributed by atoms with Crippen LogP contribution in [-0.2, 0) is 12.8 Å². The van der Waals surface area contributed by atoms with Crippen molar-refractivity contribution in [2.45, 2.75) is 132 Å². The maximum Gasteiger partial charge on any atom is 0.0729 e. The number of nitrogens with zero attached hydrogens (tertiary/aromatic N) is 1. The third-order valence-electron chi connectivity index (χ3n) is 13.9. The number of hydrogen-bond donors (Lipinski definition) is 1. The third kappa shape index (κ3) is 7.80. The molecule has 4 aliphatic rings. The summed E-state index contributed by atoms with van der Waals surface area (Å²) in [6.45, 7) is 31.7. The first-order chi connectivity index (χ1) is 23.6. The molecule has 50 heavy (non-hydrogen) atoms. The van der Waals surface area contributed by atoms with Gasteiger partial charge in [-0.05, 0) is 140 Å². The number of benzene rings is 2. The van der Waals surface area contributed by atoms with Gasteiger partial charge in [-0.1, -0.05) is 116 Å². The van der Waals surface area contributed by atoms with Gasteiger partial charge in [0.25, 0.3) is 0 Å². The van der Waals surface area contributed by atoms with Crippen molar-refractivity contribution in [2.24, 2.45) is 51.3 Å². The summed E-state index contributed by atoms with van der Waals surface area (Å²) in [6.07, 6.45) is 12.6. The number of nitrogens with one attached hydrogen (secondary N) is 1. The quantitative estimate of drug-likeness (QED) is 0.210. The monoisotopic (exact) mass is 673 g/mol. The lowest BCUT2D eigenvalue weighted by molar-refractivity contribution is 0.0703. The zero-order valence-electron chi connectivity index (χ0n) is 33.2. The van der Waals surface area contributed by atoms with Crippen LogP contribution in [0.4, 0.5) is 0 Å². The molecule has 270 valence electrons. The molecule has 3 aliphatic carbocycles. The zero-order valence-corrected chi connectivity index (χ0v) is 33.2. The van der Waals surface area contributed by atoms with E-state index < -0.39 is 0 Å². The van der Waals surface area contributed by atoms with Crippen molar-refractivity contribution in [3.05, 3.63) is 101 Å². The van der Waals surface area contributed by atoms with E-state index in [1.165, 1.54) is 77.5 Å². The summed E-state index contributed by atoms with van der Waals surface area (Å²) in [4.78, 5) is 5.14. The molecule has 2 heteroatoms. The van der Waals surface area contributed by atoms with Crippen LogP contribution in [0, 0.1) is 46.3 Å². The summed E-state index contributed by atoms with van der Waals surface area (Å²) in [6, 6.07) is 18.1. The maximum absolute atomic E-state index is 5.14.